The molecule has 0 spiro atoms. The van der Waals surface area contributed by atoms with Gasteiger partial charge < -0.3 is 9.47 Å². The van der Waals surface area contributed by atoms with Crippen LogP contribution < -0.4 is 4.90 Å². The van der Waals surface area contributed by atoms with Gasteiger partial charge in [0.1, 0.15) is 0 Å². The van der Waals surface area contributed by atoms with E-state index in [-0.39, 0.29) is 0 Å². The minimum atomic E-state index is -0.786. The van der Waals surface area contributed by atoms with Crippen molar-refractivity contribution < 1.29 is 9.47 Å². The smallest absolute Gasteiger partial charge is 0.233 e. The van der Waals surface area contributed by atoms with Crippen molar-refractivity contribution in [1.29, 1.82) is 0 Å². The Balaban J connectivity index is 2.18. The topological polar surface area (TPSA) is 47.5 Å². The van der Waals surface area contributed by atoms with Crippen LogP contribution in [0.1, 0.15) is 0 Å². The third-order valence-electron chi connectivity index (χ3n) is 2.36. The number of rotatable bonds is 3. The van der Waals surface area contributed by atoms with Crippen molar-refractivity contribution in [2.75, 3.05) is 19.1 Å². The first-order valence-corrected chi connectivity index (χ1v) is 4.84. The fourth-order valence-corrected chi connectivity index (χ4v) is 1.39. The zero-order valence-electron chi connectivity index (χ0n) is 9.20. The molecule has 0 aliphatic carbocycles. The maximum Gasteiger partial charge on any atom is 0.233 e. The number of hydrogen-bond donors (Lipinski definition) is 0. The largest absolute Gasteiger partial charge is 0.346 e. The molecule has 5 nitrogen and oxygen atoms in total. The minimum absolute atomic E-state index is 0.607. The SMILES string of the molecule is COC1(OC)C=CN(c2ncccn2)C=C1. The maximum atomic E-state index is 5.25. The van der Waals surface area contributed by atoms with Crippen molar-refractivity contribution in [2.24, 2.45) is 0 Å². The Morgan fingerprint density at radius 1 is 1.06 bits per heavy atom. The number of anilines is 1. The van der Waals surface area contributed by atoms with Gasteiger partial charge in [-0.2, -0.15) is 0 Å². The fourth-order valence-electron chi connectivity index (χ4n) is 1.39. The number of methoxy groups -OCH3 is 2. The van der Waals surface area contributed by atoms with Gasteiger partial charge in [0.15, 0.2) is 0 Å². The van der Waals surface area contributed by atoms with Crippen molar-refractivity contribution in [2.45, 2.75) is 5.79 Å². The van der Waals surface area contributed by atoms with E-state index in [4.69, 9.17) is 9.47 Å². The van der Waals surface area contributed by atoms with Gasteiger partial charge in [-0.25, -0.2) is 9.97 Å². The lowest BCUT2D eigenvalue weighted by Crippen LogP contribution is -2.33. The first kappa shape index (κ1) is 10.8. The second-order valence-electron chi connectivity index (χ2n) is 3.22. The Kier molecular flexibility index (Phi) is 2.98. The van der Waals surface area contributed by atoms with Crippen molar-refractivity contribution in [1.82, 2.24) is 9.97 Å². The predicted octanol–water partition coefficient (Wildman–Crippen LogP) is 1.31. The quantitative estimate of drug-likeness (QED) is 0.717. The summed E-state index contributed by atoms with van der Waals surface area (Å²) in [6, 6.07) is 1.77. The zero-order chi connectivity index (χ0) is 11.4. The maximum absolute atomic E-state index is 5.25. The van der Waals surface area contributed by atoms with E-state index in [0.29, 0.717) is 5.95 Å². The van der Waals surface area contributed by atoms with Crippen LogP contribution in [-0.2, 0) is 9.47 Å². The van der Waals surface area contributed by atoms with Crippen LogP contribution in [-0.4, -0.2) is 30.0 Å². The molecule has 0 N–H and O–H groups in total. The highest BCUT2D eigenvalue weighted by Crippen LogP contribution is 2.22. The molecule has 1 aromatic heterocycles. The molecular formula is C11H13N3O2. The van der Waals surface area contributed by atoms with Gasteiger partial charge >= 0.3 is 0 Å². The molecule has 0 radical (unpaired) electrons. The molecule has 0 amide bonds. The van der Waals surface area contributed by atoms with Crippen LogP contribution in [0, 0.1) is 0 Å². The number of aromatic nitrogens is 2. The molecule has 0 atom stereocenters. The summed E-state index contributed by atoms with van der Waals surface area (Å²) in [4.78, 5) is 10.1. The second kappa shape index (κ2) is 4.42. The molecule has 0 saturated carbocycles. The molecule has 2 heterocycles. The number of hydrogen-bond acceptors (Lipinski definition) is 5. The third kappa shape index (κ3) is 1.95. The highest BCUT2D eigenvalue weighted by Gasteiger charge is 2.26. The van der Waals surface area contributed by atoms with E-state index in [1.165, 1.54) is 0 Å². The van der Waals surface area contributed by atoms with Gasteiger partial charge in [-0.05, 0) is 18.2 Å². The fraction of sp³-hybridized carbons (Fsp3) is 0.273. The summed E-state index contributed by atoms with van der Waals surface area (Å²) in [5, 5.41) is 0. The van der Waals surface area contributed by atoms with Crippen molar-refractivity contribution in [3.63, 3.8) is 0 Å². The van der Waals surface area contributed by atoms with Gasteiger partial charge in [0.2, 0.25) is 11.7 Å². The Morgan fingerprint density at radius 2 is 1.62 bits per heavy atom. The van der Waals surface area contributed by atoms with Crippen LogP contribution in [0.4, 0.5) is 5.95 Å². The number of nitrogens with zero attached hydrogens (tertiary/aromatic N) is 3. The van der Waals surface area contributed by atoms with E-state index in [1.807, 2.05) is 12.4 Å². The molecule has 84 valence electrons. The molecule has 0 aromatic carbocycles. The molecule has 0 fully saturated rings. The van der Waals surface area contributed by atoms with Crippen molar-refractivity contribution in [3.8, 4) is 0 Å². The second-order valence-corrected chi connectivity index (χ2v) is 3.22. The summed E-state index contributed by atoms with van der Waals surface area (Å²) in [5.74, 6) is -0.179. The van der Waals surface area contributed by atoms with Gasteiger partial charge in [-0.1, -0.05) is 0 Å². The minimum Gasteiger partial charge on any atom is -0.346 e. The monoisotopic (exact) mass is 219 g/mol. The van der Waals surface area contributed by atoms with Crippen LogP contribution in [0.25, 0.3) is 0 Å². The summed E-state index contributed by atoms with van der Waals surface area (Å²) in [6.07, 6.45) is 10.6. The first-order valence-electron chi connectivity index (χ1n) is 4.84. The van der Waals surface area contributed by atoms with Gasteiger partial charge in [-0.3, -0.25) is 4.90 Å². The lowest BCUT2D eigenvalue weighted by atomic mass is 10.2. The summed E-state index contributed by atoms with van der Waals surface area (Å²) < 4.78 is 10.5. The van der Waals surface area contributed by atoms with E-state index in [9.17, 15) is 0 Å². The summed E-state index contributed by atoms with van der Waals surface area (Å²) in [5.41, 5.74) is 0. The van der Waals surface area contributed by atoms with E-state index in [1.54, 1.807) is 49.7 Å². The van der Waals surface area contributed by atoms with Gasteiger partial charge in [0.05, 0.1) is 0 Å². The van der Waals surface area contributed by atoms with Crippen LogP contribution in [0.15, 0.2) is 43.0 Å². The molecule has 0 saturated heterocycles. The standard InChI is InChI=1S/C11H13N3O2/c1-15-11(16-2)4-8-14(9-5-11)10-12-6-3-7-13-10/h3-9H,1-2H3. The van der Waals surface area contributed by atoms with Gasteiger partial charge in [-0.15, -0.1) is 0 Å². The van der Waals surface area contributed by atoms with Crippen LogP contribution >= 0.6 is 0 Å². The van der Waals surface area contributed by atoms with E-state index < -0.39 is 5.79 Å². The van der Waals surface area contributed by atoms with Crippen LogP contribution in [0.5, 0.6) is 0 Å². The molecule has 1 aliphatic heterocycles. The average Bonchev–Trinajstić information content (AvgIpc) is 2.40. The molecule has 5 heteroatoms. The molecule has 0 unspecified atom stereocenters. The van der Waals surface area contributed by atoms with Gasteiger partial charge in [0, 0.05) is 39.0 Å². The highest BCUT2D eigenvalue weighted by molar-refractivity contribution is 5.42. The Morgan fingerprint density at radius 3 is 2.12 bits per heavy atom. The normalized spacial score (nSPS) is 17.8. The van der Waals surface area contributed by atoms with E-state index >= 15 is 0 Å². The van der Waals surface area contributed by atoms with Crippen molar-refractivity contribution in [3.05, 3.63) is 43.0 Å². The van der Waals surface area contributed by atoms with Crippen LogP contribution in [0.3, 0.4) is 0 Å². The highest BCUT2D eigenvalue weighted by atomic mass is 16.7. The summed E-state index contributed by atoms with van der Waals surface area (Å²) >= 11 is 0. The number of ether oxygens (including phenoxy) is 2. The Labute approximate surface area is 94.0 Å². The Hall–Kier alpha value is -1.72. The lowest BCUT2D eigenvalue weighted by molar-refractivity contribution is -0.134. The third-order valence-corrected chi connectivity index (χ3v) is 2.36. The van der Waals surface area contributed by atoms with Crippen molar-refractivity contribution >= 4 is 5.95 Å². The average molecular weight is 219 g/mol. The molecule has 16 heavy (non-hydrogen) atoms. The van der Waals surface area contributed by atoms with E-state index in [2.05, 4.69) is 9.97 Å². The molecular weight excluding hydrogens is 206 g/mol. The lowest BCUT2D eigenvalue weighted by Gasteiger charge is -2.28. The zero-order valence-corrected chi connectivity index (χ0v) is 9.20. The Bertz CT molecular complexity index is 383. The van der Waals surface area contributed by atoms with Crippen LogP contribution in [0.2, 0.25) is 0 Å². The summed E-state index contributed by atoms with van der Waals surface area (Å²) in [7, 11) is 3.18. The predicted molar refractivity (Wildman–Crippen MR) is 59.5 cm³/mol. The molecule has 1 aromatic rings. The summed E-state index contributed by atoms with van der Waals surface area (Å²) in [6.45, 7) is 0. The molecule has 1 aliphatic rings. The first-order chi connectivity index (χ1) is 7.79. The molecule has 0 bridgehead atoms. The van der Waals surface area contributed by atoms with E-state index in [0.717, 1.165) is 0 Å². The van der Waals surface area contributed by atoms with Gasteiger partial charge in [0.25, 0.3) is 0 Å². The molecule has 2 rings (SSSR count).